The van der Waals surface area contributed by atoms with Crippen LogP contribution >= 0.6 is 0 Å². The second-order valence-corrected chi connectivity index (χ2v) is 6.32. The Morgan fingerprint density at radius 1 is 1.38 bits per heavy atom. The maximum absolute atomic E-state index is 12.4. The highest BCUT2D eigenvalue weighted by Crippen LogP contribution is 2.33. The first kappa shape index (κ1) is 16.0. The predicted octanol–water partition coefficient (Wildman–Crippen LogP) is 3.30. The van der Waals surface area contributed by atoms with Crippen LogP contribution in [0.2, 0.25) is 0 Å². The fourth-order valence-electron chi connectivity index (χ4n) is 3.11. The second-order valence-electron chi connectivity index (χ2n) is 6.32. The predicted molar refractivity (Wildman–Crippen MR) is 87.3 cm³/mol. The molecule has 116 valence electrons. The maximum atomic E-state index is 12.4. The van der Waals surface area contributed by atoms with Gasteiger partial charge in [-0.3, -0.25) is 4.79 Å². The van der Waals surface area contributed by atoms with Crippen molar-refractivity contribution >= 4 is 5.91 Å². The number of benzene rings is 1. The molecule has 3 heteroatoms. The first-order valence-corrected chi connectivity index (χ1v) is 8.16. The standard InChI is InChI=1S/C18H28N2O/c1-14(2)19-13-7-12-18(21)20(3)17-11-6-9-15-8-4-5-10-16(15)17/h4-5,8,10,14,17,19H,6-7,9,11-13H2,1-3H3. The third-order valence-electron chi connectivity index (χ3n) is 4.32. The molecule has 0 radical (unpaired) electrons. The molecule has 3 nitrogen and oxygen atoms in total. The van der Waals surface area contributed by atoms with E-state index in [2.05, 4.69) is 43.4 Å². The quantitative estimate of drug-likeness (QED) is 0.815. The Hall–Kier alpha value is -1.35. The van der Waals surface area contributed by atoms with Crippen molar-refractivity contribution in [1.29, 1.82) is 0 Å². The number of hydrogen-bond acceptors (Lipinski definition) is 2. The first-order valence-electron chi connectivity index (χ1n) is 8.16. The average Bonchev–Trinajstić information content (AvgIpc) is 2.50. The van der Waals surface area contributed by atoms with Crippen molar-refractivity contribution in [3.8, 4) is 0 Å². The van der Waals surface area contributed by atoms with Crippen LogP contribution in [0.4, 0.5) is 0 Å². The van der Waals surface area contributed by atoms with E-state index < -0.39 is 0 Å². The lowest BCUT2D eigenvalue weighted by Crippen LogP contribution is -2.34. The molecule has 1 aromatic carbocycles. The van der Waals surface area contributed by atoms with E-state index in [-0.39, 0.29) is 11.9 Å². The molecule has 1 aliphatic carbocycles. The minimum Gasteiger partial charge on any atom is -0.339 e. The highest BCUT2D eigenvalue weighted by molar-refractivity contribution is 5.76. The van der Waals surface area contributed by atoms with Crippen molar-refractivity contribution in [3.63, 3.8) is 0 Å². The van der Waals surface area contributed by atoms with Gasteiger partial charge in [-0.25, -0.2) is 0 Å². The summed E-state index contributed by atoms with van der Waals surface area (Å²) >= 11 is 0. The van der Waals surface area contributed by atoms with Crippen LogP contribution in [0.15, 0.2) is 24.3 Å². The molecule has 0 fully saturated rings. The smallest absolute Gasteiger partial charge is 0.222 e. The van der Waals surface area contributed by atoms with Crippen molar-refractivity contribution in [1.82, 2.24) is 10.2 Å². The van der Waals surface area contributed by atoms with Crippen LogP contribution in [0.5, 0.6) is 0 Å². The van der Waals surface area contributed by atoms with Gasteiger partial charge in [0.2, 0.25) is 5.91 Å². The van der Waals surface area contributed by atoms with E-state index in [0.717, 1.165) is 25.8 Å². The molecule has 21 heavy (non-hydrogen) atoms. The van der Waals surface area contributed by atoms with E-state index in [9.17, 15) is 4.79 Å². The zero-order chi connectivity index (χ0) is 15.2. The summed E-state index contributed by atoms with van der Waals surface area (Å²) in [5, 5.41) is 3.36. The third kappa shape index (κ3) is 4.31. The molecule has 0 aromatic heterocycles. The largest absolute Gasteiger partial charge is 0.339 e. The van der Waals surface area contributed by atoms with Gasteiger partial charge in [0.1, 0.15) is 0 Å². The topological polar surface area (TPSA) is 32.3 Å². The number of nitrogens with one attached hydrogen (secondary N) is 1. The molecular weight excluding hydrogens is 260 g/mol. The summed E-state index contributed by atoms with van der Waals surface area (Å²) < 4.78 is 0. The summed E-state index contributed by atoms with van der Waals surface area (Å²) in [6.07, 6.45) is 4.95. The van der Waals surface area contributed by atoms with Gasteiger partial charge in [0, 0.05) is 19.5 Å². The van der Waals surface area contributed by atoms with Crippen LogP contribution in [0.1, 0.15) is 56.7 Å². The van der Waals surface area contributed by atoms with Crippen molar-refractivity contribution in [2.24, 2.45) is 0 Å². The Balaban J connectivity index is 1.91. The number of nitrogens with zero attached hydrogens (tertiary/aromatic N) is 1. The number of amides is 1. The number of rotatable bonds is 6. The fourth-order valence-corrected chi connectivity index (χ4v) is 3.11. The fraction of sp³-hybridized carbons (Fsp3) is 0.611. The van der Waals surface area contributed by atoms with Gasteiger partial charge in [0.25, 0.3) is 0 Å². The molecule has 1 atom stereocenters. The molecule has 0 heterocycles. The highest BCUT2D eigenvalue weighted by Gasteiger charge is 2.25. The van der Waals surface area contributed by atoms with Gasteiger partial charge in [-0.1, -0.05) is 38.1 Å². The van der Waals surface area contributed by atoms with Crippen LogP contribution in [0.25, 0.3) is 0 Å². The van der Waals surface area contributed by atoms with Gasteiger partial charge in [-0.15, -0.1) is 0 Å². The van der Waals surface area contributed by atoms with Crippen molar-refractivity contribution in [3.05, 3.63) is 35.4 Å². The second kappa shape index (κ2) is 7.60. The molecule has 0 spiro atoms. The van der Waals surface area contributed by atoms with Crippen LogP contribution in [0, 0.1) is 0 Å². The lowest BCUT2D eigenvalue weighted by atomic mass is 9.87. The van der Waals surface area contributed by atoms with Crippen molar-refractivity contribution in [2.45, 2.75) is 58.0 Å². The van der Waals surface area contributed by atoms with Gasteiger partial charge < -0.3 is 10.2 Å². The van der Waals surface area contributed by atoms with Gasteiger partial charge in [-0.2, -0.15) is 0 Å². The minimum atomic E-state index is 0.264. The van der Waals surface area contributed by atoms with Gasteiger partial charge >= 0.3 is 0 Å². The SMILES string of the molecule is CC(C)NCCCC(=O)N(C)C1CCCc2ccccc21. The van der Waals surface area contributed by atoms with Crippen LogP contribution in [-0.4, -0.2) is 30.4 Å². The van der Waals surface area contributed by atoms with Crippen LogP contribution in [-0.2, 0) is 11.2 Å². The Labute approximate surface area is 128 Å². The first-order chi connectivity index (χ1) is 10.1. The van der Waals surface area contributed by atoms with E-state index in [0.29, 0.717) is 12.5 Å². The number of hydrogen-bond donors (Lipinski definition) is 1. The van der Waals surface area contributed by atoms with E-state index in [1.54, 1.807) is 0 Å². The lowest BCUT2D eigenvalue weighted by molar-refractivity contribution is -0.132. The zero-order valence-corrected chi connectivity index (χ0v) is 13.6. The summed E-state index contributed by atoms with van der Waals surface area (Å²) in [6, 6.07) is 9.32. The van der Waals surface area contributed by atoms with Crippen LogP contribution < -0.4 is 5.32 Å². The van der Waals surface area contributed by atoms with Crippen molar-refractivity contribution < 1.29 is 4.79 Å². The molecule has 1 unspecified atom stereocenters. The minimum absolute atomic E-state index is 0.264. The molecule has 1 aliphatic rings. The number of fused-ring (bicyclic) bond motifs is 1. The summed E-state index contributed by atoms with van der Waals surface area (Å²) in [7, 11) is 1.96. The van der Waals surface area contributed by atoms with Crippen molar-refractivity contribution in [2.75, 3.05) is 13.6 Å². The Morgan fingerprint density at radius 3 is 2.90 bits per heavy atom. The van der Waals surface area contributed by atoms with E-state index in [4.69, 9.17) is 0 Å². The Morgan fingerprint density at radius 2 is 2.14 bits per heavy atom. The van der Waals surface area contributed by atoms with Crippen LogP contribution in [0.3, 0.4) is 0 Å². The average molecular weight is 288 g/mol. The normalized spacial score (nSPS) is 17.6. The summed E-state index contributed by atoms with van der Waals surface area (Å²) in [5.74, 6) is 0.266. The third-order valence-corrected chi connectivity index (χ3v) is 4.32. The molecular formula is C18H28N2O. The molecule has 0 saturated carbocycles. The van der Waals surface area contributed by atoms with E-state index in [1.165, 1.54) is 17.5 Å². The van der Waals surface area contributed by atoms with Gasteiger partial charge in [0.05, 0.1) is 6.04 Å². The molecule has 0 aliphatic heterocycles. The number of carbonyl (C=O) groups is 1. The molecule has 0 bridgehead atoms. The number of aryl methyl sites for hydroxylation is 1. The Kier molecular flexibility index (Phi) is 5.80. The molecule has 1 N–H and O–H groups in total. The van der Waals surface area contributed by atoms with Gasteiger partial charge in [0.15, 0.2) is 0 Å². The lowest BCUT2D eigenvalue weighted by Gasteiger charge is -2.33. The maximum Gasteiger partial charge on any atom is 0.222 e. The Bertz CT molecular complexity index is 470. The summed E-state index contributed by atoms with van der Waals surface area (Å²) in [4.78, 5) is 14.4. The molecule has 1 amide bonds. The summed E-state index contributed by atoms with van der Waals surface area (Å²) in [5.41, 5.74) is 2.76. The molecule has 1 aromatic rings. The van der Waals surface area contributed by atoms with E-state index >= 15 is 0 Å². The molecule has 0 saturated heterocycles. The van der Waals surface area contributed by atoms with E-state index in [1.807, 2.05) is 11.9 Å². The monoisotopic (exact) mass is 288 g/mol. The highest BCUT2D eigenvalue weighted by atomic mass is 16.2. The molecule has 2 rings (SSSR count). The van der Waals surface area contributed by atoms with Gasteiger partial charge in [-0.05, 0) is 43.4 Å². The number of carbonyl (C=O) groups excluding carboxylic acids is 1. The summed E-state index contributed by atoms with van der Waals surface area (Å²) in [6.45, 7) is 5.18. The zero-order valence-electron chi connectivity index (χ0n) is 13.6.